The maximum atomic E-state index is 11.8. The van der Waals surface area contributed by atoms with Gasteiger partial charge in [-0.15, -0.1) is 0 Å². The van der Waals surface area contributed by atoms with Crippen molar-refractivity contribution in [3.05, 3.63) is 35.9 Å². The van der Waals surface area contributed by atoms with Crippen molar-refractivity contribution in [1.29, 1.82) is 0 Å². The van der Waals surface area contributed by atoms with Gasteiger partial charge in [-0.1, -0.05) is 30.3 Å². The van der Waals surface area contributed by atoms with Crippen LogP contribution in [-0.2, 0) is 20.8 Å². The molecule has 2 atom stereocenters. The second kappa shape index (κ2) is 7.28. The largest absolute Gasteiger partial charge is 0.368 e. The fourth-order valence-corrected chi connectivity index (χ4v) is 1.74. The summed E-state index contributed by atoms with van der Waals surface area (Å²) in [6, 6.07) is 7.72. The van der Waals surface area contributed by atoms with Crippen LogP contribution in [0.3, 0.4) is 0 Å². The lowest BCUT2D eigenvalue weighted by molar-refractivity contribution is -0.130. The molecule has 0 saturated heterocycles. The second-order valence-electron chi connectivity index (χ2n) is 4.58. The molecule has 0 aliphatic rings. The first kappa shape index (κ1) is 15.7. The Balaban J connectivity index is 2.66. The van der Waals surface area contributed by atoms with E-state index < -0.39 is 23.9 Å². The van der Waals surface area contributed by atoms with E-state index in [0.29, 0.717) is 6.42 Å². The molecule has 108 valence electrons. The Morgan fingerprint density at radius 3 is 2.25 bits per heavy atom. The van der Waals surface area contributed by atoms with Gasteiger partial charge in [0.2, 0.25) is 17.7 Å². The third-order valence-corrected chi connectivity index (χ3v) is 2.76. The van der Waals surface area contributed by atoms with Gasteiger partial charge < -0.3 is 16.4 Å². The fraction of sp³-hybridized carbons (Fsp3) is 0.357. The van der Waals surface area contributed by atoms with E-state index in [1.165, 1.54) is 13.8 Å². The molecule has 0 saturated carbocycles. The summed E-state index contributed by atoms with van der Waals surface area (Å²) in [7, 11) is 0. The summed E-state index contributed by atoms with van der Waals surface area (Å²) in [4.78, 5) is 34.1. The summed E-state index contributed by atoms with van der Waals surface area (Å²) in [5, 5.41) is 4.99. The average Bonchev–Trinajstić information content (AvgIpc) is 2.38. The van der Waals surface area contributed by atoms with Crippen LogP contribution in [-0.4, -0.2) is 29.8 Å². The van der Waals surface area contributed by atoms with Crippen LogP contribution >= 0.6 is 0 Å². The zero-order valence-corrected chi connectivity index (χ0v) is 11.6. The second-order valence-corrected chi connectivity index (χ2v) is 4.58. The Kier molecular flexibility index (Phi) is 5.71. The van der Waals surface area contributed by atoms with E-state index in [0.717, 1.165) is 5.56 Å². The van der Waals surface area contributed by atoms with Crippen molar-refractivity contribution >= 4 is 17.7 Å². The van der Waals surface area contributed by atoms with E-state index in [1.807, 2.05) is 30.3 Å². The predicted molar refractivity (Wildman–Crippen MR) is 74.5 cm³/mol. The van der Waals surface area contributed by atoms with E-state index >= 15 is 0 Å². The van der Waals surface area contributed by atoms with Crippen LogP contribution in [0.2, 0.25) is 0 Å². The molecule has 0 heterocycles. The molecule has 4 N–H and O–H groups in total. The molecule has 0 radical (unpaired) electrons. The third-order valence-electron chi connectivity index (χ3n) is 2.76. The number of carbonyl (C=O) groups excluding carboxylic acids is 3. The number of rotatable bonds is 6. The normalized spacial score (nSPS) is 13.1. The van der Waals surface area contributed by atoms with Crippen molar-refractivity contribution in [1.82, 2.24) is 10.6 Å². The van der Waals surface area contributed by atoms with Crippen LogP contribution < -0.4 is 16.4 Å². The molecule has 0 fully saturated rings. The Morgan fingerprint density at radius 1 is 1.15 bits per heavy atom. The first-order valence-corrected chi connectivity index (χ1v) is 6.31. The molecular formula is C14H19N3O3. The van der Waals surface area contributed by atoms with Gasteiger partial charge in [0, 0.05) is 13.3 Å². The minimum atomic E-state index is -0.805. The van der Waals surface area contributed by atoms with Crippen molar-refractivity contribution in [3.63, 3.8) is 0 Å². The van der Waals surface area contributed by atoms with E-state index in [4.69, 9.17) is 5.73 Å². The molecule has 6 nitrogen and oxygen atoms in total. The van der Waals surface area contributed by atoms with Gasteiger partial charge in [0.15, 0.2) is 0 Å². The van der Waals surface area contributed by atoms with Crippen molar-refractivity contribution in [2.45, 2.75) is 32.4 Å². The number of nitrogens with one attached hydrogen (secondary N) is 2. The molecule has 0 aromatic heterocycles. The summed E-state index contributed by atoms with van der Waals surface area (Å²) in [6.45, 7) is 2.86. The highest BCUT2D eigenvalue weighted by Gasteiger charge is 2.22. The number of carbonyl (C=O) groups is 3. The topological polar surface area (TPSA) is 101 Å². The highest BCUT2D eigenvalue weighted by Crippen LogP contribution is 2.03. The summed E-state index contributed by atoms with van der Waals surface area (Å²) < 4.78 is 0. The van der Waals surface area contributed by atoms with E-state index in [2.05, 4.69) is 10.6 Å². The Bertz CT molecular complexity index is 488. The number of benzene rings is 1. The first-order chi connectivity index (χ1) is 9.40. The van der Waals surface area contributed by atoms with Gasteiger partial charge in [-0.3, -0.25) is 14.4 Å². The fourth-order valence-electron chi connectivity index (χ4n) is 1.74. The minimum Gasteiger partial charge on any atom is -0.368 e. The van der Waals surface area contributed by atoms with Crippen LogP contribution in [0.25, 0.3) is 0 Å². The van der Waals surface area contributed by atoms with Crippen LogP contribution in [0.4, 0.5) is 0 Å². The van der Waals surface area contributed by atoms with Crippen LogP contribution in [0.15, 0.2) is 30.3 Å². The number of hydrogen-bond donors (Lipinski definition) is 3. The lowest BCUT2D eigenvalue weighted by Crippen LogP contribution is -2.52. The Morgan fingerprint density at radius 2 is 1.75 bits per heavy atom. The van der Waals surface area contributed by atoms with Crippen molar-refractivity contribution in [2.75, 3.05) is 0 Å². The van der Waals surface area contributed by atoms with Gasteiger partial charge >= 0.3 is 0 Å². The molecule has 0 unspecified atom stereocenters. The van der Waals surface area contributed by atoms with Crippen molar-refractivity contribution in [2.24, 2.45) is 5.73 Å². The summed E-state index contributed by atoms with van der Waals surface area (Å²) in [5.41, 5.74) is 6.19. The quantitative estimate of drug-likeness (QED) is 0.666. The molecule has 0 aliphatic carbocycles. The van der Waals surface area contributed by atoms with E-state index in [9.17, 15) is 14.4 Å². The summed E-state index contributed by atoms with van der Waals surface area (Å²) >= 11 is 0. The van der Waals surface area contributed by atoms with Crippen LogP contribution in [0.5, 0.6) is 0 Å². The van der Waals surface area contributed by atoms with Gasteiger partial charge in [-0.05, 0) is 12.5 Å². The molecule has 20 heavy (non-hydrogen) atoms. The molecule has 1 rings (SSSR count). The maximum absolute atomic E-state index is 11.8. The number of primary amides is 1. The monoisotopic (exact) mass is 277 g/mol. The summed E-state index contributed by atoms with van der Waals surface area (Å²) in [6.07, 6.45) is 0.314. The van der Waals surface area contributed by atoms with Crippen molar-refractivity contribution < 1.29 is 14.4 Å². The third kappa shape index (κ3) is 5.09. The Hall–Kier alpha value is -2.37. The molecule has 3 amide bonds. The average molecular weight is 277 g/mol. The van der Waals surface area contributed by atoms with E-state index in [1.54, 1.807) is 0 Å². The summed E-state index contributed by atoms with van der Waals surface area (Å²) in [5.74, 6) is -1.37. The van der Waals surface area contributed by atoms with Gasteiger partial charge in [-0.2, -0.15) is 0 Å². The number of hydrogen-bond acceptors (Lipinski definition) is 3. The zero-order chi connectivity index (χ0) is 15.1. The van der Waals surface area contributed by atoms with Gasteiger partial charge in [0.25, 0.3) is 0 Å². The maximum Gasteiger partial charge on any atom is 0.242 e. The number of nitrogens with two attached hydrogens (primary N) is 1. The first-order valence-electron chi connectivity index (χ1n) is 6.31. The van der Waals surface area contributed by atoms with Gasteiger partial charge in [-0.25, -0.2) is 0 Å². The lowest BCUT2D eigenvalue weighted by atomic mass is 10.1. The van der Waals surface area contributed by atoms with Crippen molar-refractivity contribution in [3.8, 4) is 0 Å². The smallest absolute Gasteiger partial charge is 0.242 e. The van der Waals surface area contributed by atoms with Crippen LogP contribution in [0, 0.1) is 0 Å². The molecule has 6 heteroatoms. The molecular weight excluding hydrogens is 258 g/mol. The molecule has 0 bridgehead atoms. The molecule has 1 aromatic carbocycles. The highest BCUT2D eigenvalue weighted by atomic mass is 16.2. The van der Waals surface area contributed by atoms with E-state index in [-0.39, 0.29) is 5.91 Å². The highest BCUT2D eigenvalue weighted by molar-refractivity contribution is 5.91. The lowest BCUT2D eigenvalue weighted by Gasteiger charge is -2.19. The SMILES string of the molecule is CC(=O)N[C@@H](C)C(=O)N[C@@H](Cc1ccccc1)C(N)=O. The minimum absolute atomic E-state index is 0.314. The van der Waals surface area contributed by atoms with Gasteiger partial charge in [0.1, 0.15) is 12.1 Å². The number of amides is 3. The zero-order valence-electron chi connectivity index (χ0n) is 11.6. The molecule has 0 aliphatic heterocycles. The Labute approximate surface area is 117 Å². The standard InChI is InChI=1S/C14H19N3O3/c1-9(16-10(2)18)14(20)17-12(13(15)19)8-11-6-4-3-5-7-11/h3-7,9,12H,8H2,1-2H3,(H2,15,19)(H,16,18)(H,17,20)/t9-,12-/m0/s1. The van der Waals surface area contributed by atoms with Crippen LogP contribution in [0.1, 0.15) is 19.4 Å². The molecule has 0 spiro atoms. The van der Waals surface area contributed by atoms with Gasteiger partial charge in [0.05, 0.1) is 0 Å². The predicted octanol–water partition coefficient (Wildman–Crippen LogP) is -0.276. The molecule has 1 aromatic rings.